The number of nitrogens with one attached hydrogen (secondary N) is 1. The molecule has 0 aliphatic carbocycles. The molecule has 1 fully saturated rings. The van der Waals surface area contributed by atoms with Gasteiger partial charge in [-0.1, -0.05) is 6.08 Å². The number of carbonyl (C=O) groups is 1. The van der Waals surface area contributed by atoms with Crippen molar-refractivity contribution in [3.63, 3.8) is 0 Å². The van der Waals surface area contributed by atoms with Gasteiger partial charge in [0, 0.05) is 24.8 Å². The van der Waals surface area contributed by atoms with Crippen molar-refractivity contribution < 1.29 is 14.3 Å². The van der Waals surface area contributed by atoms with E-state index in [0.717, 1.165) is 19.4 Å². The van der Waals surface area contributed by atoms with E-state index < -0.39 is 0 Å². The lowest BCUT2D eigenvalue weighted by Crippen LogP contribution is -2.43. The molecule has 98 valence electrons. The van der Waals surface area contributed by atoms with Crippen LogP contribution >= 0.6 is 0 Å². The molecule has 1 heterocycles. The van der Waals surface area contributed by atoms with Crippen LogP contribution in [0.15, 0.2) is 11.6 Å². The van der Waals surface area contributed by atoms with Crippen molar-refractivity contribution >= 4 is 5.97 Å². The maximum absolute atomic E-state index is 11.2. The first kappa shape index (κ1) is 14.2. The van der Waals surface area contributed by atoms with E-state index in [2.05, 4.69) is 23.9 Å². The highest BCUT2D eigenvalue weighted by atomic mass is 16.5. The predicted molar refractivity (Wildman–Crippen MR) is 66.8 cm³/mol. The molecule has 1 aliphatic rings. The van der Waals surface area contributed by atoms with Crippen molar-refractivity contribution in [2.75, 3.05) is 20.3 Å². The largest absolute Gasteiger partial charge is 0.466 e. The first-order valence-corrected chi connectivity index (χ1v) is 6.07. The maximum Gasteiger partial charge on any atom is 0.333 e. The van der Waals surface area contributed by atoms with Crippen LogP contribution < -0.4 is 5.32 Å². The van der Waals surface area contributed by atoms with E-state index >= 15 is 0 Å². The molecule has 17 heavy (non-hydrogen) atoms. The van der Waals surface area contributed by atoms with E-state index in [4.69, 9.17) is 4.74 Å². The number of esters is 1. The van der Waals surface area contributed by atoms with E-state index in [-0.39, 0.29) is 11.6 Å². The highest BCUT2D eigenvalue weighted by Crippen LogP contribution is 2.23. The fourth-order valence-corrected chi connectivity index (χ4v) is 2.03. The van der Waals surface area contributed by atoms with Gasteiger partial charge in [-0.3, -0.25) is 0 Å². The van der Waals surface area contributed by atoms with E-state index in [9.17, 15) is 4.79 Å². The molecule has 1 saturated heterocycles. The molecule has 0 radical (unpaired) electrons. The monoisotopic (exact) mass is 241 g/mol. The summed E-state index contributed by atoms with van der Waals surface area (Å²) in [6.45, 7) is 7.47. The minimum absolute atomic E-state index is 0.0446. The summed E-state index contributed by atoms with van der Waals surface area (Å²) in [5.41, 5.74) is 0.600. The van der Waals surface area contributed by atoms with Gasteiger partial charge in [0.15, 0.2) is 0 Å². The van der Waals surface area contributed by atoms with Crippen molar-refractivity contribution in [2.24, 2.45) is 0 Å². The Balaban J connectivity index is 2.34. The zero-order valence-electron chi connectivity index (χ0n) is 11.2. The van der Waals surface area contributed by atoms with Crippen LogP contribution in [0.3, 0.4) is 0 Å². The van der Waals surface area contributed by atoms with Crippen molar-refractivity contribution in [3.05, 3.63) is 11.6 Å². The summed E-state index contributed by atoms with van der Waals surface area (Å²) in [5, 5.41) is 3.42. The predicted octanol–water partition coefficient (Wildman–Crippen LogP) is 1.65. The summed E-state index contributed by atoms with van der Waals surface area (Å²) in [7, 11) is 1.40. The van der Waals surface area contributed by atoms with Gasteiger partial charge < -0.3 is 14.8 Å². The lowest BCUT2D eigenvalue weighted by Gasteiger charge is -2.35. The summed E-state index contributed by atoms with van der Waals surface area (Å²) < 4.78 is 10.3. The Bertz CT molecular complexity index is 297. The van der Waals surface area contributed by atoms with Crippen LogP contribution in [0.1, 0.15) is 33.6 Å². The van der Waals surface area contributed by atoms with Gasteiger partial charge >= 0.3 is 5.97 Å². The van der Waals surface area contributed by atoms with Crippen molar-refractivity contribution in [2.45, 2.75) is 45.3 Å². The topological polar surface area (TPSA) is 47.6 Å². The summed E-state index contributed by atoms with van der Waals surface area (Å²) >= 11 is 0. The second-order valence-electron chi connectivity index (χ2n) is 5.08. The van der Waals surface area contributed by atoms with Crippen LogP contribution in [0.5, 0.6) is 0 Å². The highest BCUT2D eigenvalue weighted by Gasteiger charge is 2.28. The average Bonchev–Trinajstić information content (AvgIpc) is 2.26. The fourth-order valence-electron chi connectivity index (χ4n) is 2.03. The first-order chi connectivity index (χ1) is 7.94. The molecule has 1 aliphatic heterocycles. The number of methoxy groups -OCH3 is 1. The van der Waals surface area contributed by atoms with Crippen LogP contribution in [-0.2, 0) is 14.3 Å². The minimum atomic E-state index is -0.265. The zero-order valence-corrected chi connectivity index (χ0v) is 11.2. The molecule has 1 atom stereocenters. The van der Waals surface area contributed by atoms with Gasteiger partial charge in [-0.2, -0.15) is 0 Å². The van der Waals surface area contributed by atoms with E-state index in [0.29, 0.717) is 18.2 Å². The Hall–Kier alpha value is -0.870. The van der Waals surface area contributed by atoms with Crippen LogP contribution in [0.4, 0.5) is 0 Å². The normalized spacial score (nSPS) is 24.5. The van der Waals surface area contributed by atoms with E-state index in [1.807, 2.05) is 6.08 Å². The Labute approximate surface area is 103 Å². The van der Waals surface area contributed by atoms with Gasteiger partial charge in [-0.15, -0.1) is 0 Å². The molecule has 0 spiro atoms. The molecule has 0 aromatic heterocycles. The highest BCUT2D eigenvalue weighted by molar-refractivity contribution is 5.87. The minimum Gasteiger partial charge on any atom is -0.466 e. The molecule has 0 saturated carbocycles. The van der Waals surface area contributed by atoms with Crippen molar-refractivity contribution in [3.8, 4) is 0 Å². The molecule has 1 rings (SSSR count). The standard InChI is InChI=1S/C13H23NO3/c1-10(12(15)16-4)5-7-14-11-6-8-17-13(2,3)9-11/h5,11,14H,6-9H2,1-4H3. The Morgan fingerprint density at radius 1 is 1.59 bits per heavy atom. The number of hydrogen-bond donors (Lipinski definition) is 1. The fraction of sp³-hybridized carbons (Fsp3) is 0.769. The summed E-state index contributed by atoms with van der Waals surface area (Å²) in [5.74, 6) is -0.265. The number of hydrogen-bond acceptors (Lipinski definition) is 4. The zero-order chi connectivity index (χ0) is 12.9. The number of carbonyl (C=O) groups excluding carboxylic acids is 1. The van der Waals surface area contributed by atoms with Gasteiger partial charge in [-0.25, -0.2) is 4.79 Å². The summed E-state index contributed by atoms with van der Waals surface area (Å²) in [4.78, 5) is 11.2. The molecule has 0 aromatic rings. The lowest BCUT2D eigenvalue weighted by molar-refractivity contribution is -0.136. The molecule has 0 aromatic carbocycles. The smallest absolute Gasteiger partial charge is 0.333 e. The van der Waals surface area contributed by atoms with Crippen LogP contribution in [-0.4, -0.2) is 37.9 Å². The second-order valence-corrected chi connectivity index (χ2v) is 5.08. The molecule has 0 amide bonds. The third-order valence-electron chi connectivity index (χ3n) is 3.02. The van der Waals surface area contributed by atoms with E-state index in [1.165, 1.54) is 7.11 Å². The Kier molecular flexibility index (Phi) is 5.15. The van der Waals surface area contributed by atoms with Crippen molar-refractivity contribution in [1.29, 1.82) is 0 Å². The van der Waals surface area contributed by atoms with E-state index in [1.54, 1.807) is 6.92 Å². The molecule has 4 nitrogen and oxygen atoms in total. The van der Waals surface area contributed by atoms with Gasteiger partial charge in [0.1, 0.15) is 0 Å². The average molecular weight is 241 g/mol. The first-order valence-electron chi connectivity index (χ1n) is 6.07. The summed E-state index contributed by atoms with van der Waals surface area (Å²) in [6, 6.07) is 0.459. The summed E-state index contributed by atoms with van der Waals surface area (Å²) in [6.07, 6.45) is 3.89. The Morgan fingerprint density at radius 2 is 2.29 bits per heavy atom. The maximum atomic E-state index is 11.2. The van der Waals surface area contributed by atoms with Crippen LogP contribution in [0.2, 0.25) is 0 Å². The molecule has 1 N–H and O–H groups in total. The molecule has 0 bridgehead atoms. The number of rotatable bonds is 4. The lowest BCUT2D eigenvalue weighted by atomic mass is 9.94. The van der Waals surface area contributed by atoms with Gasteiger partial charge in [-0.05, 0) is 33.6 Å². The Morgan fingerprint density at radius 3 is 2.88 bits per heavy atom. The van der Waals surface area contributed by atoms with Crippen LogP contribution in [0, 0.1) is 0 Å². The van der Waals surface area contributed by atoms with Gasteiger partial charge in [0.05, 0.1) is 12.7 Å². The van der Waals surface area contributed by atoms with Gasteiger partial charge in [0.2, 0.25) is 0 Å². The molecule has 4 heteroatoms. The van der Waals surface area contributed by atoms with Crippen molar-refractivity contribution in [1.82, 2.24) is 5.32 Å². The second kappa shape index (κ2) is 6.17. The molecule has 1 unspecified atom stereocenters. The third kappa shape index (κ3) is 4.88. The molecular weight excluding hydrogens is 218 g/mol. The number of ether oxygens (including phenoxy) is 2. The SMILES string of the molecule is COC(=O)C(C)=CCNC1CCOC(C)(C)C1. The quantitative estimate of drug-likeness (QED) is 0.600. The third-order valence-corrected chi connectivity index (χ3v) is 3.02. The van der Waals surface area contributed by atoms with Gasteiger partial charge in [0.25, 0.3) is 0 Å². The van der Waals surface area contributed by atoms with Crippen LogP contribution in [0.25, 0.3) is 0 Å². The molecular formula is C13H23NO3.